The molecular weight excluding hydrogens is 309 g/mol. The predicted molar refractivity (Wildman–Crippen MR) is 64.7 cm³/mol. The van der Waals surface area contributed by atoms with Gasteiger partial charge in [-0.1, -0.05) is 46.4 Å². The van der Waals surface area contributed by atoms with E-state index in [9.17, 15) is 5.11 Å². The molecule has 0 bridgehead atoms. The molecule has 14 heavy (non-hydrogen) atoms. The van der Waals surface area contributed by atoms with Gasteiger partial charge in [0.05, 0.1) is 25.2 Å². The van der Waals surface area contributed by atoms with E-state index < -0.39 is 0 Å². The van der Waals surface area contributed by atoms with E-state index in [4.69, 9.17) is 58.0 Å². The number of hydrogen-bond donors (Lipinski definition) is 1. The Balaban J connectivity index is 3.43. The maximum atomic E-state index is 9.58. The van der Waals surface area contributed by atoms with Gasteiger partial charge in [0.15, 0.2) is 5.75 Å². The Morgan fingerprint density at radius 1 is 0.929 bits per heavy atom. The van der Waals surface area contributed by atoms with Crippen LogP contribution < -0.4 is 0 Å². The summed E-state index contributed by atoms with van der Waals surface area (Å²) in [5.74, 6) is -0.197. The molecule has 0 aliphatic rings. The molecular formula is C7H3Cl5OS. The highest BCUT2D eigenvalue weighted by Gasteiger charge is 2.19. The molecule has 0 atom stereocenters. The summed E-state index contributed by atoms with van der Waals surface area (Å²) in [5.41, 5.74) is 0. The van der Waals surface area contributed by atoms with Crippen LogP contribution >= 0.6 is 69.8 Å². The maximum absolute atomic E-state index is 9.58. The Morgan fingerprint density at radius 2 is 1.43 bits per heavy atom. The SMILES string of the molecule is Oc1c(Cl)c(Cl)c(Cl)c(Cl)c1SCCl. The molecule has 0 fully saturated rings. The third-order valence-electron chi connectivity index (χ3n) is 1.40. The van der Waals surface area contributed by atoms with Crippen LogP contribution in [0.4, 0.5) is 0 Å². The topological polar surface area (TPSA) is 20.2 Å². The lowest BCUT2D eigenvalue weighted by atomic mass is 10.3. The van der Waals surface area contributed by atoms with Gasteiger partial charge in [-0.2, -0.15) is 0 Å². The molecule has 0 aromatic heterocycles. The van der Waals surface area contributed by atoms with Crippen molar-refractivity contribution in [2.24, 2.45) is 0 Å². The van der Waals surface area contributed by atoms with E-state index in [2.05, 4.69) is 0 Å². The highest BCUT2D eigenvalue weighted by Crippen LogP contribution is 2.49. The molecule has 1 aromatic rings. The van der Waals surface area contributed by atoms with Gasteiger partial charge in [-0.05, 0) is 0 Å². The van der Waals surface area contributed by atoms with Crippen LogP contribution in [0.2, 0.25) is 20.1 Å². The third kappa shape index (κ3) is 2.31. The minimum absolute atomic E-state index is 0.0197. The molecule has 0 saturated heterocycles. The smallest absolute Gasteiger partial charge is 0.150 e. The average molecular weight is 312 g/mol. The summed E-state index contributed by atoms with van der Waals surface area (Å²) >= 11 is 29.7. The first kappa shape index (κ1) is 12.9. The van der Waals surface area contributed by atoms with Crippen LogP contribution in [0.15, 0.2) is 4.90 Å². The normalized spacial score (nSPS) is 10.6. The second kappa shape index (κ2) is 5.24. The minimum atomic E-state index is -0.197. The summed E-state index contributed by atoms with van der Waals surface area (Å²) in [4.78, 5) is 0.334. The molecule has 0 amide bonds. The molecule has 0 radical (unpaired) electrons. The molecule has 1 N–H and O–H groups in total. The molecule has 0 saturated carbocycles. The molecule has 0 aliphatic carbocycles. The monoisotopic (exact) mass is 310 g/mol. The number of aromatic hydroxyl groups is 1. The fourth-order valence-electron chi connectivity index (χ4n) is 0.786. The molecule has 0 spiro atoms. The van der Waals surface area contributed by atoms with E-state index in [1.54, 1.807) is 0 Å². The van der Waals surface area contributed by atoms with E-state index in [0.717, 1.165) is 11.8 Å². The Labute approximate surface area is 110 Å². The number of rotatable bonds is 2. The Hall–Kier alpha value is 0.820. The van der Waals surface area contributed by atoms with Crippen molar-refractivity contribution in [1.29, 1.82) is 0 Å². The largest absolute Gasteiger partial charge is 0.505 e. The van der Waals surface area contributed by atoms with Crippen molar-refractivity contribution < 1.29 is 5.11 Å². The average Bonchev–Trinajstić information content (AvgIpc) is 2.19. The van der Waals surface area contributed by atoms with Gasteiger partial charge in [-0.15, -0.1) is 23.4 Å². The van der Waals surface area contributed by atoms with Crippen molar-refractivity contribution in [1.82, 2.24) is 0 Å². The zero-order valence-corrected chi connectivity index (χ0v) is 11.0. The summed E-state index contributed by atoms with van der Waals surface area (Å²) < 4.78 is 0. The van der Waals surface area contributed by atoms with Crippen LogP contribution in [-0.4, -0.2) is 10.3 Å². The Morgan fingerprint density at radius 3 is 1.93 bits per heavy atom. The third-order valence-corrected chi connectivity index (χ3v) is 4.43. The van der Waals surface area contributed by atoms with Crippen LogP contribution in [0.1, 0.15) is 0 Å². The van der Waals surface area contributed by atoms with Gasteiger partial charge in [0, 0.05) is 0 Å². The summed E-state index contributed by atoms with van der Waals surface area (Å²) in [7, 11) is 0. The Bertz CT molecular complexity index is 339. The molecule has 0 heterocycles. The summed E-state index contributed by atoms with van der Waals surface area (Å²) in [5, 5.41) is 10.1. The van der Waals surface area contributed by atoms with Crippen LogP contribution in [0, 0.1) is 0 Å². The number of phenolic OH excluding ortho intramolecular Hbond substituents is 1. The van der Waals surface area contributed by atoms with Crippen molar-refractivity contribution in [3.63, 3.8) is 0 Å². The first-order chi connectivity index (χ1) is 6.50. The molecule has 0 aliphatic heterocycles. The lowest BCUT2D eigenvalue weighted by Crippen LogP contribution is -1.83. The zero-order chi connectivity index (χ0) is 10.9. The molecule has 78 valence electrons. The van der Waals surface area contributed by atoms with Gasteiger partial charge in [0.2, 0.25) is 0 Å². The number of benzene rings is 1. The summed E-state index contributed by atoms with van der Waals surface area (Å²) in [6.45, 7) is 0. The number of halogens is 5. The minimum Gasteiger partial charge on any atom is -0.505 e. The van der Waals surface area contributed by atoms with Crippen molar-refractivity contribution in [3.8, 4) is 5.75 Å². The van der Waals surface area contributed by atoms with Gasteiger partial charge >= 0.3 is 0 Å². The first-order valence-corrected chi connectivity index (χ1v) is 6.27. The van der Waals surface area contributed by atoms with Crippen LogP contribution in [0.3, 0.4) is 0 Å². The van der Waals surface area contributed by atoms with Crippen molar-refractivity contribution in [2.45, 2.75) is 4.90 Å². The lowest BCUT2D eigenvalue weighted by Gasteiger charge is -2.10. The lowest BCUT2D eigenvalue weighted by molar-refractivity contribution is 0.463. The highest BCUT2D eigenvalue weighted by molar-refractivity contribution is 8.00. The zero-order valence-electron chi connectivity index (χ0n) is 6.45. The second-order valence-electron chi connectivity index (χ2n) is 2.19. The molecule has 7 heteroatoms. The van der Waals surface area contributed by atoms with E-state index in [1.807, 2.05) is 0 Å². The van der Waals surface area contributed by atoms with Gasteiger partial charge < -0.3 is 5.11 Å². The van der Waals surface area contributed by atoms with Gasteiger partial charge in [-0.25, -0.2) is 0 Å². The first-order valence-electron chi connectivity index (χ1n) is 3.24. The van der Waals surface area contributed by atoms with E-state index in [0.29, 0.717) is 4.90 Å². The van der Waals surface area contributed by atoms with Crippen LogP contribution in [-0.2, 0) is 0 Å². The van der Waals surface area contributed by atoms with Crippen molar-refractivity contribution >= 4 is 69.8 Å². The highest BCUT2D eigenvalue weighted by atomic mass is 35.5. The predicted octanol–water partition coefficient (Wildman–Crippen LogP) is 5.29. The van der Waals surface area contributed by atoms with Crippen LogP contribution in [0.5, 0.6) is 5.75 Å². The quantitative estimate of drug-likeness (QED) is 0.346. The number of phenols is 1. The molecule has 0 unspecified atom stereocenters. The fraction of sp³-hybridized carbons (Fsp3) is 0.143. The van der Waals surface area contributed by atoms with E-state index in [-0.39, 0.29) is 31.1 Å². The molecule has 1 rings (SSSR count). The Kier molecular flexibility index (Phi) is 4.82. The standard InChI is InChI=1S/C7H3Cl5OS/c8-1-14-7-5(12)3(10)2(9)4(11)6(7)13/h13H,1H2. The summed E-state index contributed by atoms with van der Waals surface area (Å²) in [6, 6.07) is 0. The number of alkyl halides is 1. The van der Waals surface area contributed by atoms with Crippen LogP contribution in [0.25, 0.3) is 0 Å². The molecule has 1 aromatic carbocycles. The summed E-state index contributed by atoms with van der Waals surface area (Å²) in [6.07, 6.45) is 0. The number of hydrogen-bond acceptors (Lipinski definition) is 2. The second-order valence-corrected chi connectivity index (χ2v) is 5.27. The molecule has 1 nitrogen and oxygen atoms in total. The number of thioether (sulfide) groups is 1. The fourth-order valence-corrected chi connectivity index (χ4v) is 2.81. The van der Waals surface area contributed by atoms with Crippen molar-refractivity contribution in [3.05, 3.63) is 20.1 Å². The van der Waals surface area contributed by atoms with Gasteiger partial charge in [0.1, 0.15) is 5.02 Å². The van der Waals surface area contributed by atoms with Crippen molar-refractivity contribution in [2.75, 3.05) is 5.21 Å². The van der Waals surface area contributed by atoms with Gasteiger partial charge in [-0.3, -0.25) is 0 Å². The van der Waals surface area contributed by atoms with Gasteiger partial charge in [0.25, 0.3) is 0 Å². The maximum Gasteiger partial charge on any atom is 0.150 e. The van der Waals surface area contributed by atoms with E-state index >= 15 is 0 Å². The van der Waals surface area contributed by atoms with E-state index in [1.165, 1.54) is 0 Å².